The minimum absolute atomic E-state index is 0.637. The molecule has 0 amide bonds. The fourth-order valence-corrected chi connectivity index (χ4v) is 2.24. The number of benzene rings is 1. The Morgan fingerprint density at radius 3 is 2.38 bits per heavy atom. The number of hydrogen-bond acceptors (Lipinski definition) is 2. The standard InChI is InChI=1S/C12H10Cl2N2/c13-10-5-11(14)7-12(6-10)16-3-1-9(8-15)2-4-16/h1,5-7H,2-4H2. The van der Waals surface area contributed by atoms with Gasteiger partial charge in [-0.25, -0.2) is 0 Å². The molecule has 0 fully saturated rings. The summed E-state index contributed by atoms with van der Waals surface area (Å²) in [6.45, 7) is 1.57. The second-order valence-electron chi connectivity index (χ2n) is 3.66. The van der Waals surface area contributed by atoms with E-state index in [0.717, 1.165) is 30.8 Å². The zero-order chi connectivity index (χ0) is 11.5. The fraction of sp³-hybridized carbons (Fsp3) is 0.250. The summed E-state index contributed by atoms with van der Waals surface area (Å²) in [5.41, 5.74) is 1.86. The molecular formula is C12H10Cl2N2. The van der Waals surface area contributed by atoms with E-state index in [1.54, 1.807) is 6.07 Å². The van der Waals surface area contributed by atoms with Crippen LogP contribution in [0.2, 0.25) is 10.0 Å². The van der Waals surface area contributed by atoms with E-state index >= 15 is 0 Å². The van der Waals surface area contributed by atoms with Crippen LogP contribution in [-0.2, 0) is 0 Å². The molecule has 1 aliphatic rings. The molecule has 2 rings (SSSR count). The third-order valence-electron chi connectivity index (χ3n) is 2.57. The number of rotatable bonds is 1. The van der Waals surface area contributed by atoms with Crippen molar-refractivity contribution in [3.8, 4) is 6.07 Å². The van der Waals surface area contributed by atoms with Gasteiger partial charge in [0.15, 0.2) is 0 Å². The Bertz CT molecular complexity index is 454. The third-order valence-corrected chi connectivity index (χ3v) is 3.00. The molecule has 4 heteroatoms. The first-order valence-electron chi connectivity index (χ1n) is 4.99. The SMILES string of the molecule is N#CC1=CCN(c2cc(Cl)cc(Cl)c2)CC1. The quantitative estimate of drug-likeness (QED) is 0.763. The Balaban J connectivity index is 2.21. The molecule has 0 radical (unpaired) electrons. The maximum Gasteiger partial charge on any atom is 0.0945 e. The predicted molar refractivity (Wildman–Crippen MR) is 67.0 cm³/mol. The summed E-state index contributed by atoms with van der Waals surface area (Å²) >= 11 is 11.9. The van der Waals surface area contributed by atoms with Crippen molar-refractivity contribution in [2.45, 2.75) is 6.42 Å². The molecule has 2 nitrogen and oxygen atoms in total. The molecule has 0 unspecified atom stereocenters. The summed E-state index contributed by atoms with van der Waals surface area (Å²) in [5.74, 6) is 0. The van der Waals surface area contributed by atoms with Crippen LogP contribution in [0.1, 0.15) is 6.42 Å². The average molecular weight is 253 g/mol. The maximum atomic E-state index is 8.76. The molecule has 1 aromatic rings. The van der Waals surface area contributed by atoms with Gasteiger partial charge in [-0.05, 0) is 24.6 Å². The van der Waals surface area contributed by atoms with E-state index in [2.05, 4.69) is 11.0 Å². The topological polar surface area (TPSA) is 27.0 Å². The van der Waals surface area contributed by atoms with Crippen LogP contribution in [0, 0.1) is 11.3 Å². The predicted octanol–water partition coefficient (Wildman–Crippen LogP) is 3.65. The highest BCUT2D eigenvalue weighted by Gasteiger charge is 2.12. The molecule has 0 saturated carbocycles. The summed E-state index contributed by atoms with van der Waals surface area (Å²) in [4.78, 5) is 2.15. The van der Waals surface area contributed by atoms with Gasteiger partial charge in [0.25, 0.3) is 0 Å². The van der Waals surface area contributed by atoms with Crippen LogP contribution in [0.5, 0.6) is 0 Å². The molecule has 0 spiro atoms. The first kappa shape index (κ1) is 11.3. The number of nitrogens with zero attached hydrogens (tertiary/aromatic N) is 2. The molecule has 0 bridgehead atoms. The molecule has 1 aromatic carbocycles. The van der Waals surface area contributed by atoms with E-state index in [1.165, 1.54) is 0 Å². The molecule has 1 aliphatic heterocycles. The van der Waals surface area contributed by atoms with Crippen LogP contribution in [0.15, 0.2) is 29.8 Å². The first-order chi connectivity index (χ1) is 7.69. The second kappa shape index (κ2) is 4.78. The van der Waals surface area contributed by atoms with E-state index in [0.29, 0.717) is 10.0 Å². The van der Waals surface area contributed by atoms with E-state index in [9.17, 15) is 0 Å². The lowest BCUT2D eigenvalue weighted by molar-refractivity contribution is 0.802. The second-order valence-corrected chi connectivity index (χ2v) is 4.54. The van der Waals surface area contributed by atoms with Crippen molar-refractivity contribution in [3.05, 3.63) is 39.9 Å². The molecular weight excluding hydrogens is 243 g/mol. The number of halogens is 2. The molecule has 0 atom stereocenters. The smallest absolute Gasteiger partial charge is 0.0945 e. The van der Waals surface area contributed by atoms with Crippen LogP contribution in [-0.4, -0.2) is 13.1 Å². The molecule has 0 aromatic heterocycles. The molecule has 0 aliphatic carbocycles. The Kier molecular flexibility index (Phi) is 3.38. The summed E-state index contributed by atoms with van der Waals surface area (Å²) in [6, 6.07) is 7.67. The minimum atomic E-state index is 0.637. The zero-order valence-electron chi connectivity index (χ0n) is 8.58. The van der Waals surface area contributed by atoms with Gasteiger partial charge in [-0.3, -0.25) is 0 Å². The third kappa shape index (κ3) is 2.49. The van der Waals surface area contributed by atoms with Crippen LogP contribution >= 0.6 is 23.2 Å². The van der Waals surface area contributed by atoms with Gasteiger partial charge in [0, 0.05) is 34.4 Å². The highest BCUT2D eigenvalue weighted by molar-refractivity contribution is 6.35. The van der Waals surface area contributed by atoms with Crippen molar-refractivity contribution in [2.75, 3.05) is 18.0 Å². The van der Waals surface area contributed by atoms with Gasteiger partial charge in [0.05, 0.1) is 6.07 Å². The van der Waals surface area contributed by atoms with Gasteiger partial charge in [-0.2, -0.15) is 5.26 Å². The summed E-state index contributed by atoms with van der Waals surface area (Å²) < 4.78 is 0. The van der Waals surface area contributed by atoms with E-state index in [-0.39, 0.29) is 0 Å². The van der Waals surface area contributed by atoms with Gasteiger partial charge in [0.2, 0.25) is 0 Å². The lowest BCUT2D eigenvalue weighted by atomic mass is 10.1. The first-order valence-corrected chi connectivity index (χ1v) is 5.75. The number of nitriles is 1. The lowest BCUT2D eigenvalue weighted by Gasteiger charge is -2.27. The fourth-order valence-electron chi connectivity index (χ4n) is 1.73. The highest BCUT2D eigenvalue weighted by Crippen LogP contribution is 2.27. The van der Waals surface area contributed by atoms with Gasteiger partial charge < -0.3 is 4.90 Å². The van der Waals surface area contributed by atoms with Crippen molar-refractivity contribution in [1.82, 2.24) is 0 Å². The Hall–Kier alpha value is -1.17. The van der Waals surface area contributed by atoms with Gasteiger partial charge >= 0.3 is 0 Å². The molecule has 82 valence electrons. The Morgan fingerprint density at radius 2 is 1.88 bits per heavy atom. The molecule has 16 heavy (non-hydrogen) atoms. The van der Waals surface area contributed by atoms with Crippen LogP contribution in [0.3, 0.4) is 0 Å². The summed E-state index contributed by atoms with van der Waals surface area (Å²) in [5, 5.41) is 10.0. The monoisotopic (exact) mass is 252 g/mol. The summed E-state index contributed by atoms with van der Waals surface area (Å²) in [6.07, 6.45) is 2.72. The maximum absolute atomic E-state index is 8.76. The highest BCUT2D eigenvalue weighted by atomic mass is 35.5. The van der Waals surface area contributed by atoms with Crippen molar-refractivity contribution >= 4 is 28.9 Å². The van der Waals surface area contributed by atoms with Crippen LogP contribution in [0.4, 0.5) is 5.69 Å². The van der Waals surface area contributed by atoms with Crippen molar-refractivity contribution < 1.29 is 0 Å². The summed E-state index contributed by atoms with van der Waals surface area (Å²) in [7, 11) is 0. The molecule has 1 heterocycles. The molecule has 0 saturated heterocycles. The zero-order valence-corrected chi connectivity index (χ0v) is 10.1. The largest absolute Gasteiger partial charge is 0.367 e. The normalized spacial score (nSPS) is 15.6. The van der Waals surface area contributed by atoms with Gasteiger partial charge in [-0.1, -0.05) is 29.3 Å². The Labute approximate surface area is 105 Å². The Morgan fingerprint density at radius 1 is 1.19 bits per heavy atom. The van der Waals surface area contributed by atoms with Crippen LogP contribution in [0.25, 0.3) is 0 Å². The van der Waals surface area contributed by atoms with Crippen LogP contribution < -0.4 is 4.90 Å². The van der Waals surface area contributed by atoms with Gasteiger partial charge in [0.1, 0.15) is 0 Å². The van der Waals surface area contributed by atoms with Crippen molar-refractivity contribution in [1.29, 1.82) is 5.26 Å². The van der Waals surface area contributed by atoms with Crippen molar-refractivity contribution in [3.63, 3.8) is 0 Å². The van der Waals surface area contributed by atoms with Crippen molar-refractivity contribution in [2.24, 2.45) is 0 Å². The minimum Gasteiger partial charge on any atom is -0.367 e. The molecule has 0 N–H and O–H groups in total. The number of anilines is 1. The average Bonchev–Trinajstić information content (AvgIpc) is 2.28. The van der Waals surface area contributed by atoms with E-state index < -0.39 is 0 Å². The van der Waals surface area contributed by atoms with E-state index in [4.69, 9.17) is 28.5 Å². The number of hydrogen-bond donors (Lipinski definition) is 0. The van der Waals surface area contributed by atoms with E-state index in [1.807, 2.05) is 18.2 Å². The lowest BCUT2D eigenvalue weighted by Crippen LogP contribution is -2.28. The van der Waals surface area contributed by atoms with Gasteiger partial charge in [-0.15, -0.1) is 0 Å².